The van der Waals surface area contributed by atoms with Crippen molar-refractivity contribution in [3.8, 4) is 0 Å². The highest BCUT2D eigenvalue weighted by atomic mass is 16.5. The minimum atomic E-state index is -0.393. The van der Waals surface area contributed by atoms with Gasteiger partial charge in [0.25, 0.3) is 0 Å². The van der Waals surface area contributed by atoms with Gasteiger partial charge in [-0.2, -0.15) is 0 Å². The molecule has 2 atom stereocenters. The van der Waals surface area contributed by atoms with E-state index in [2.05, 4.69) is 21.9 Å². The second kappa shape index (κ2) is 8.34. The first-order chi connectivity index (χ1) is 14.2. The zero-order valence-electron chi connectivity index (χ0n) is 17.2. The molecule has 1 amide bonds. The van der Waals surface area contributed by atoms with Crippen molar-refractivity contribution in [1.29, 1.82) is 0 Å². The maximum atomic E-state index is 13.5. The molecule has 158 valence electrons. The number of nitrogens with zero attached hydrogens (tertiary/aromatic N) is 3. The quantitative estimate of drug-likeness (QED) is 0.838. The second-order valence-corrected chi connectivity index (χ2v) is 9.08. The highest BCUT2D eigenvalue weighted by molar-refractivity contribution is 5.99. The zero-order chi connectivity index (χ0) is 19.8. The fraction of sp³-hybridized carbons (Fsp3) is 0.696. The van der Waals surface area contributed by atoms with E-state index in [1.807, 2.05) is 17.0 Å². The number of amides is 1. The van der Waals surface area contributed by atoms with Gasteiger partial charge in [-0.05, 0) is 63.2 Å². The average molecular weight is 400 g/mol. The monoisotopic (exact) mass is 399 g/mol. The fourth-order valence-electron chi connectivity index (χ4n) is 5.86. The minimum absolute atomic E-state index is 0.179. The van der Waals surface area contributed by atoms with Gasteiger partial charge < -0.3 is 19.6 Å². The molecular formula is C23H33N3O3. The highest BCUT2D eigenvalue weighted by Gasteiger charge is 2.43. The van der Waals surface area contributed by atoms with Crippen molar-refractivity contribution < 1.29 is 14.6 Å². The van der Waals surface area contributed by atoms with E-state index in [1.54, 1.807) is 0 Å². The first-order valence-electron chi connectivity index (χ1n) is 11.4. The Morgan fingerprint density at radius 2 is 1.76 bits per heavy atom. The zero-order valence-corrected chi connectivity index (χ0v) is 17.2. The molecule has 4 aliphatic rings. The molecule has 4 heterocycles. The van der Waals surface area contributed by atoms with Crippen molar-refractivity contribution in [3.05, 3.63) is 29.8 Å². The van der Waals surface area contributed by atoms with E-state index in [-0.39, 0.29) is 11.9 Å². The van der Waals surface area contributed by atoms with Crippen molar-refractivity contribution >= 4 is 11.6 Å². The summed E-state index contributed by atoms with van der Waals surface area (Å²) in [6.45, 7) is 5.35. The van der Waals surface area contributed by atoms with Gasteiger partial charge in [0.05, 0.1) is 12.1 Å². The van der Waals surface area contributed by atoms with Gasteiger partial charge >= 0.3 is 0 Å². The van der Waals surface area contributed by atoms with Crippen LogP contribution in [0.3, 0.4) is 0 Å². The number of aliphatic hydroxyl groups is 1. The lowest BCUT2D eigenvalue weighted by Crippen LogP contribution is -2.53. The molecule has 6 heteroatoms. The van der Waals surface area contributed by atoms with Crippen molar-refractivity contribution in [2.45, 2.75) is 62.8 Å². The number of hydrogen-bond donors (Lipinski definition) is 1. The third-order valence-electron chi connectivity index (χ3n) is 7.43. The third-order valence-corrected chi connectivity index (χ3v) is 7.43. The van der Waals surface area contributed by atoms with E-state index in [1.165, 1.54) is 5.56 Å². The fourth-order valence-corrected chi connectivity index (χ4v) is 5.86. The summed E-state index contributed by atoms with van der Waals surface area (Å²) in [6.07, 6.45) is 5.56. The molecule has 3 saturated heterocycles. The number of carbonyl (C=O) groups is 1. The van der Waals surface area contributed by atoms with Gasteiger partial charge in [0.1, 0.15) is 0 Å². The van der Waals surface area contributed by atoms with Crippen LogP contribution >= 0.6 is 0 Å². The molecule has 1 aromatic carbocycles. The van der Waals surface area contributed by atoms with Gasteiger partial charge in [0.15, 0.2) is 0 Å². The van der Waals surface area contributed by atoms with Crippen LogP contribution in [0.5, 0.6) is 0 Å². The summed E-state index contributed by atoms with van der Waals surface area (Å²) in [7, 11) is 0. The lowest BCUT2D eigenvalue weighted by molar-refractivity contribution is -0.124. The largest absolute Gasteiger partial charge is 0.392 e. The molecule has 0 saturated carbocycles. The molecular weight excluding hydrogens is 366 g/mol. The molecule has 6 nitrogen and oxygen atoms in total. The van der Waals surface area contributed by atoms with Crippen LogP contribution in [0.4, 0.5) is 5.69 Å². The Labute approximate surface area is 173 Å². The number of likely N-dealkylation sites (tertiary alicyclic amines) is 2. The van der Waals surface area contributed by atoms with E-state index in [0.29, 0.717) is 25.0 Å². The Kier molecular flexibility index (Phi) is 5.61. The van der Waals surface area contributed by atoms with Gasteiger partial charge in [-0.1, -0.05) is 18.2 Å². The Hall–Kier alpha value is -1.47. The average Bonchev–Trinajstić information content (AvgIpc) is 3.38. The number of ether oxygens (including phenoxy) is 1. The maximum Gasteiger partial charge on any atom is 0.244 e. The van der Waals surface area contributed by atoms with E-state index in [9.17, 15) is 9.90 Å². The number of anilines is 1. The molecule has 0 unspecified atom stereocenters. The summed E-state index contributed by atoms with van der Waals surface area (Å²) >= 11 is 0. The van der Waals surface area contributed by atoms with Crippen molar-refractivity contribution in [1.82, 2.24) is 9.80 Å². The minimum Gasteiger partial charge on any atom is -0.392 e. The number of hydrogen-bond acceptors (Lipinski definition) is 5. The summed E-state index contributed by atoms with van der Waals surface area (Å²) in [5.41, 5.74) is 2.32. The van der Waals surface area contributed by atoms with E-state index >= 15 is 0 Å². The molecule has 4 aliphatic heterocycles. The molecule has 5 rings (SSSR count). The van der Waals surface area contributed by atoms with Gasteiger partial charge in [-0.15, -0.1) is 0 Å². The van der Waals surface area contributed by atoms with E-state index in [0.717, 1.165) is 70.6 Å². The van der Waals surface area contributed by atoms with Crippen LogP contribution in [0.1, 0.15) is 37.7 Å². The summed E-state index contributed by atoms with van der Waals surface area (Å²) in [4.78, 5) is 20.4. The number of carbonyl (C=O) groups excluding carboxylic acids is 1. The number of β-amino-alcohol motifs (C(OH)–C–C–N with tert-alkyl or cyclic N) is 1. The van der Waals surface area contributed by atoms with Gasteiger partial charge in [-0.25, -0.2) is 0 Å². The third kappa shape index (κ3) is 3.83. The predicted octanol–water partition coefficient (Wildman–Crippen LogP) is 1.65. The smallest absolute Gasteiger partial charge is 0.244 e. The SMILES string of the molecule is O=C([C@@H]1C[C@@H](O)CN1C1CCN(C2CCOCC2)CC1)N1CCc2ccccc21. The van der Waals surface area contributed by atoms with Crippen molar-refractivity contribution in [2.24, 2.45) is 0 Å². The van der Waals surface area contributed by atoms with Crippen LogP contribution < -0.4 is 4.90 Å². The molecule has 3 fully saturated rings. The van der Waals surface area contributed by atoms with Crippen LogP contribution in [0.2, 0.25) is 0 Å². The molecule has 0 aliphatic carbocycles. The van der Waals surface area contributed by atoms with Gasteiger partial charge in [0.2, 0.25) is 5.91 Å². The first-order valence-corrected chi connectivity index (χ1v) is 11.4. The van der Waals surface area contributed by atoms with Gasteiger partial charge in [0, 0.05) is 44.1 Å². The molecule has 1 aromatic rings. The van der Waals surface area contributed by atoms with E-state index < -0.39 is 6.10 Å². The number of aliphatic hydroxyl groups excluding tert-OH is 1. The van der Waals surface area contributed by atoms with Crippen LogP contribution in [-0.2, 0) is 16.0 Å². The normalized spacial score (nSPS) is 30.0. The van der Waals surface area contributed by atoms with Crippen LogP contribution in [0.15, 0.2) is 24.3 Å². The second-order valence-electron chi connectivity index (χ2n) is 9.08. The molecule has 1 N–H and O–H groups in total. The Balaban J connectivity index is 1.25. The molecule has 0 bridgehead atoms. The number of piperidine rings is 1. The number of para-hydroxylation sites is 1. The predicted molar refractivity (Wildman–Crippen MR) is 112 cm³/mol. The molecule has 29 heavy (non-hydrogen) atoms. The Morgan fingerprint density at radius 1 is 1.00 bits per heavy atom. The van der Waals surface area contributed by atoms with Gasteiger partial charge in [-0.3, -0.25) is 9.69 Å². The summed E-state index contributed by atoms with van der Waals surface area (Å²) in [5, 5.41) is 10.4. The standard InChI is InChI=1S/C23H33N3O3/c27-20-15-22(23(28)25-12-5-17-3-1-2-4-21(17)25)26(16-20)19-6-10-24(11-7-19)18-8-13-29-14-9-18/h1-4,18-20,22,27H,5-16H2/t20-,22+/m1/s1. The topological polar surface area (TPSA) is 56.3 Å². The van der Waals surface area contributed by atoms with Crippen LogP contribution in [-0.4, -0.2) is 84.4 Å². The summed E-state index contributed by atoms with van der Waals surface area (Å²) in [6, 6.07) is 9.11. The maximum absolute atomic E-state index is 13.5. The molecule has 0 radical (unpaired) electrons. The number of benzene rings is 1. The number of rotatable bonds is 3. The van der Waals surface area contributed by atoms with Crippen LogP contribution in [0, 0.1) is 0 Å². The Bertz CT molecular complexity index is 728. The lowest BCUT2D eigenvalue weighted by atomic mass is 9.98. The summed E-state index contributed by atoms with van der Waals surface area (Å²) in [5.74, 6) is 0.179. The Morgan fingerprint density at radius 3 is 2.55 bits per heavy atom. The first kappa shape index (κ1) is 19.5. The summed E-state index contributed by atoms with van der Waals surface area (Å²) < 4.78 is 5.51. The van der Waals surface area contributed by atoms with E-state index in [4.69, 9.17) is 4.74 Å². The van der Waals surface area contributed by atoms with Crippen molar-refractivity contribution in [3.63, 3.8) is 0 Å². The van der Waals surface area contributed by atoms with Crippen molar-refractivity contribution in [2.75, 3.05) is 44.3 Å². The van der Waals surface area contributed by atoms with Crippen LogP contribution in [0.25, 0.3) is 0 Å². The molecule has 0 aromatic heterocycles. The lowest BCUT2D eigenvalue weighted by Gasteiger charge is -2.43. The number of fused-ring (bicyclic) bond motifs is 1. The molecule has 0 spiro atoms. The highest BCUT2D eigenvalue weighted by Crippen LogP contribution is 2.33.